The van der Waals surface area contributed by atoms with Crippen molar-refractivity contribution in [2.45, 2.75) is 26.4 Å². The average molecular weight is 304 g/mol. The first-order valence-electron chi connectivity index (χ1n) is 5.40. The van der Waals surface area contributed by atoms with E-state index in [4.69, 9.17) is 23.2 Å². The molecule has 0 aromatic heterocycles. The number of alkyl halides is 3. The Kier molecular flexibility index (Phi) is 4.60. The molecule has 18 heavy (non-hydrogen) atoms. The summed E-state index contributed by atoms with van der Waals surface area (Å²) in [6, 6.07) is 0. The molecule has 1 rings (SSSR count). The topological polar surface area (TPSA) is 29.1 Å². The van der Waals surface area contributed by atoms with E-state index >= 15 is 0 Å². The molecule has 1 aliphatic rings. The van der Waals surface area contributed by atoms with Crippen molar-refractivity contribution in [3.05, 3.63) is 10.6 Å². The molecule has 2 nitrogen and oxygen atoms in total. The number of allylic oxidation sites excluding steroid dienone is 1. The van der Waals surface area contributed by atoms with Crippen LogP contribution in [0.15, 0.2) is 10.6 Å². The van der Waals surface area contributed by atoms with Crippen LogP contribution in [0.5, 0.6) is 0 Å². The van der Waals surface area contributed by atoms with E-state index in [0.717, 1.165) is 0 Å². The molecule has 0 bridgehead atoms. The number of amides is 1. The number of halogens is 5. The van der Waals surface area contributed by atoms with Crippen molar-refractivity contribution in [1.29, 1.82) is 0 Å². The third kappa shape index (κ3) is 4.35. The summed E-state index contributed by atoms with van der Waals surface area (Å²) < 4.78 is 35.8. The molecule has 0 unspecified atom stereocenters. The van der Waals surface area contributed by atoms with Crippen molar-refractivity contribution < 1.29 is 18.0 Å². The number of carbonyl (C=O) groups excluding carboxylic acids is 1. The van der Waals surface area contributed by atoms with Gasteiger partial charge in [-0.05, 0) is 17.3 Å². The van der Waals surface area contributed by atoms with Gasteiger partial charge in [-0.2, -0.15) is 13.2 Å². The molecule has 1 N–H and O–H groups in total. The van der Waals surface area contributed by atoms with Gasteiger partial charge in [-0.25, -0.2) is 0 Å². The summed E-state index contributed by atoms with van der Waals surface area (Å²) in [5.74, 6) is -0.607. The Morgan fingerprint density at radius 2 is 1.94 bits per heavy atom. The third-order valence-electron chi connectivity index (χ3n) is 3.34. The summed E-state index contributed by atoms with van der Waals surface area (Å²) in [4.78, 5) is 11.4. The Labute approximate surface area is 114 Å². The number of hydrogen-bond donors (Lipinski definition) is 1. The molecule has 0 spiro atoms. The SMILES string of the molecule is CC1(C)[C@H](C=C(Cl)Cl)[C@H]1CC(=O)NCC(F)(F)F. The van der Waals surface area contributed by atoms with E-state index in [1.165, 1.54) is 0 Å². The maximum Gasteiger partial charge on any atom is 0.405 e. The van der Waals surface area contributed by atoms with Crippen LogP contribution >= 0.6 is 23.2 Å². The van der Waals surface area contributed by atoms with Crippen molar-refractivity contribution in [2.24, 2.45) is 17.3 Å². The zero-order valence-electron chi connectivity index (χ0n) is 9.94. The molecule has 0 aliphatic heterocycles. The lowest BCUT2D eigenvalue weighted by Crippen LogP contribution is -2.34. The van der Waals surface area contributed by atoms with Gasteiger partial charge in [-0.3, -0.25) is 4.79 Å². The molecular formula is C11H14Cl2F3NO. The van der Waals surface area contributed by atoms with E-state index in [0.29, 0.717) is 0 Å². The quantitative estimate of drug-likeness (QED) is 0.844. The molecule has 1 fully saturated rings. The average Bonchev–Trinajstić information content (AvgIpc) is 2.64. The largest absolute Gasteiger partial charge is 0.405 e. The lowest BCUT2D eigenvalue weighted by molar-refractivity contribution is -0.138. The van der Waals surface area contributed by atoms with E-state index in [2.05, 4.69) is 0 Å². The molecule has 0 aromatic rings. The van der Waals surface area contributed by atoms with Crippen molar-refractivity contribution >= 4 is 29.1 Å². The van der Waals surface area contributed by atoms with Crippen molar-refractivity contribution in [3.63, 3.8) is 0 Å². The highest BCUT2D eigenvalue weighted by atomic mass is 35.5. The summed E-state index contributed by atoms with van der Waals surface area (Å²) in [7, 11) is 0. The van der Waals surface area contributed by atoms with Crippen LogP contribution in [-0.4, -0.2) is 18.6 Å². The lowest BCUT2D eigenvalue weighted by atomic mass is 10.1. The second kappa shape index (κ2) is 5.29. The number of carbonyl (C=O) groups is 1. The van der Waals surface area contributed by atoms with Crippen LogP contribution in [0.1, 0.15) is 20.3 Å². The first-order chi connectivity index (χ1) is 8.04. The molecule has 104 valence electrons. The number of nitrogens with one attached hydrogen (secondary N) is 1. The monoisotopic (exact) mass is 303 g/mol. The van der Waals surface area contributed by atoms with Gasteiger partial charge in [0.1, 0.15) is 11.0 Å². The van der Waals surface area contributed by atoms with Gasteiger partial charge in [0.2, 0.25) is 5.91 Å². The predicted octanol–water partition coefficient (Wildman–Crippen LogP) is 3.65. The first kappa shape index (κ1) is 15.6. The normalized spacial score (nSPS) is 25.5. The summed E-state index contributed by atoms with van der Waals surface area (Å²) in [6.45, 7) is 2.55. The maximum absolute atomic E-state index is 11.9. The highest BCUT2D eigenvalue weighted by molar-refractivity contribution is 6.55. The van der Waals surface area contributed by atoms with Gasteiger partial charge in [-0.1, -0.05) is 43.1 Å². The molecule has 2 atom stereocenters. The lowest BCUT2D eigenvalue weighted by Gasteiger charge is -2.08. The minimum Gasteiger partial charge on any atom is -0.347 e. The minimum absolute atomic E-state index is 0.0270. The summed E-state index contributed by atoms with van der Waals surface area (Å²) in [5, 5.41) is 1.85. The van der Waals surface area contributed by atoms with Crippen molar-refractivity contribution in [2.75, 3.05) is 6.54 Å². The second-order valence-electron chi connectivity index (χ2n) is 5.01. The molecule has 1 aliphatic carbocycles. The van der Waals surface area contributed by atoms with Crippen LogP contribution in [0.25, 0.3) is 0 Å². The zero-order chi connectivity index (χ0) is 14.1. The predicted molar refractivity (Wildman–Crippen MR) is 64.2 cm³/mol. The molecule has 0 heterocycles. The van der Waals surface area contributed by atoms with Gasteiger partial charge in [0.15, 0.2) is 0 Å². The van der Waals surface area contributed by atoms with E-state index in [9.17, 15) is 18.0 Å². The highest BCUT2D eigenvalue weighted by Crippen LogP contribution is 2.61. The van der Waals surface area contributed by atoms with Crippen LogP contribution in [0, 0.1) is 17.3 Å². The van der Waals surface area contributed by atoms with Gasteiger partial charge >= 0.3 is 6.18 Å². The fourth-order valence-electron chi connectivity index (χ4n) is 2.11. The third-order valence-corrected chi connectivity index (χ3v) is 3.59. The Hall–Kier alpha value is -0.420. The second-order valence-corrected chi connectivity index (χ2v) is 6.01. The van der Waals surface area contributed by atoms with Crippen molar-refractivity contribution in [1.82, 2.24) is 5.32 Å². The standard InChI is InChI=1S/C11H14Cl2F3NO/c1-10(2)6(3-8(12)13)7(10)4-9(18)17-5-11(14,15)16/h3,6-7H,4-5H2,1-2H3,(H,17,18)/t6-,7-/m1/s1. The van der Waals surface area contributed by atoms with Gasteiger partial charge < -0.3 is 5.32 Å². The fourth-order valence-corrected chi connectivity index (χ4v) is 2.39. The Morgan fingerprint density at radius 1 is 1.39 bits per heavy atom. The van der Waals surface area contributed by atoms with Crippen LogP contribution in [0.4, 0.5) is 13.2 Å². The Bertz CT molecular complexity index is 362. The molecule has 0 saturated heterocycles. The number of hydrogen-bond acceptors (Lipinski definition) is 1. The van der Waals surface area contributed by atoms with Crippen LogP contribution in [0.2, 0.25) is 0 Å². The van der Waals surface area contributed by atoms with E-state index in [1.54, 1.807) is 6.08 Å². The van der Waals surface area contributed by atoms with Gasteiger partial charge in [-0.15, -0.1) is 0 Å². The smallest absolute Gasteiger partial charge is 0.347 e. The summed E-state index contributed by atoms with van der Waals surface area (Å²) in [6.07, 6.45) is -2.70. The van der Waals surface area contributed by atoms with Crippen LogP contribution in [0.3, 0.4) is 0 Å². The van der Waals surface area contributed by atoms with Crippen LogP contribution < -0.4 is 5.32 Å². The molecule has 0 aromatic carbocycles. The van der Waals surface area contributed by atoms with Crippen LogP contribution in [-0.2, 0) is 4.79 Å². The van der Waals surface area contributed by atoms with E-state index < -0.39 is 18.6 Å². The Morgan fingerprint density at radius 3 is 2.39 bits per heavy atom. The highest BCUT2D eigenvalue weighted by Gasteiger charge is 2.56. The first-order valence-corrected chi connectivity index (χ1v) is 6.16. The Balaban J connectivity index is 2.45. The summed E-state index contributed by atoms with van der Waals surface area (Å²) in [5.41, 5.74) is -0.162. The molecular weight excluding hydrogens is 290 g/mol. The van der Waals surface area contributed by atoms with Gasteiger partial charge in [0.05, 0.1) is 0 Å². The van der Waals surface area contributed by atoms with Crippen molar-refractivity contribution in [3.8, 4) is 0 Å². The molecule has 7 heteroatoms. The van der Waals surface area contributed by atoms with Gasteiger partial charge in [0.25, 0.3) is 0 Å². The van der Waals surface area contributed by atoms with E-state index in [1.807, 2.05) is 19.2 Å². The van der Waals surface area contributed by atoms with E-state index in [-0.39, 0.29) is 28.2 Å². The summed E-state index contributed by atoms with van der Waals surface area (Å²) >= 11 is 11.1. The zero-order valence-corrected chi connectivity index (χ0v) is 11.5. The molecule has 0 radical (unpaired) electrons. The van der Waals surface area contributed by atoms with Gasteiger partial charge in [0, 0.05) is 6.42 Å². The fraction of sp³-hybridized carbons (Fsp3) is 0.727. The maximum atomic E-state index is 11.9. The minimum atomic E-state index is -4.38. The molecule has 1 amide bonds. The number of rotatable bonds is 4. The molecule has 1 saturated carbocycles.